The molecule has 1 aliphatic rings. The molecular formula is C11H13ClO2. The van der Waals surface area contributed by atoms with Gasteiger partial charge in [0.2, 0.25) is 0 Å². The maximum atomic E-state index is 5.89. The lowest BCUT2D eigenvalue weighted by Crippen LogP contribution is -2.16. The van der Waals surface area contributed by atoms with Crippen LogP contribution >= 0.6 is 11.6 Å². The lowest BCUT2D eigenvalue weighted by Gasteiger charge is -2.13. The Kier molecular flexibility index (Phi) is 2.94. The molecule has 0 saturated carbocycles. The summed E-state index contributed by atoms with van der Waals surface area (Å²) in [6.07, 6.45) is 1.15. The molecule has 1 aliphatic heterocycles. The molecule has 2 nitrogen and oxygen atoms in total. The van der Waals surface area contributed by atoms with Crippen molar-refractivity contribution in [1.82, 2.24) is 0 Å². The van der Waals surface area contributed by atoms with Crippen molar-refractivity contribution in [2.24, 2.45) is 0 Å². The minimum atomic E-state index is 0.187. The van der Waals surface area contributed by atoms with Crippen LogP contribution in [0.5, 0.6) is 5.75 Å². The minimum absolute atomic E-state index is 0.187. The van der Waals surface area contributed by atoms with Crippen LogP contribution in [0.25, 0.3) is 0 Å². The SMILES string of the molecule is Cc1ccc(Cl)cc1OC1CCOC1. The van der Waals surface area contributed by atoms with E-state index in [1.165, 1.54) is 0 Å². The van der Waals surface area contributed by atoms with Crippen molar-refractivity contribution in [2.75, 3.05) is 13.2 Å². The zero-order valence-corrected chi connectivity index (χ0v) is 8.88. The zero-order chi connectivity index (χ0) is 9.97. The van der Waals surface area contributed by atoms with Crippen molar-refractivity contribution in [1.29, 1.82) is 0 Å². The molecule has 2 rings (SSSR count). The zero-order valence-electron chi connectivity index (χ0n) is 8.13. The summed E-state index contributed by atoms with van der Waals surface area (Å²) < 4.78 is 11.0. The van der Waals surface area contributed by atoms with Gasteiger partial charge in [0.05, 0.1) is 13.2 Å². The molecule has 1 saturated heterocycles. The van der Waals surface area contributed by atoms with Crippen LogP contribution in [-0.4, -0.2) is 19.3 Å². The average molecular weight is 213 g/mol. The van der Waals surface area contributed by atoms with Gasteiger partial charge in [0.25, 0.3) is 0 Å². The molecule has 76 valence electrons. The highest BCUT2D eigenvalue weighted by Crippen LogP contribution is 2.25. The highest BCUT2D eigenvalue weighted by Gasteiger charge is 2.17. The standard InChI is InChI=1S/C11H13ClO2/c1-8-2-3-9(12)6-11(8)14-10-4-5-13-7-10/h2-3,6,10H,4-5,7H2,1H3. The number of hydrogen-bond acceptors (Lipinski definition) is 2. The van der Waals surface area contributed by atoms with Crippen molar-refractivity contribution < 1.29 is 9.47 Å². The molecule has 1 aromatic carbocycles. The molecule has 1 heterocycles. The van der Waals surface area contributed by atoms with Crippen LogP contribution in [0.15, 0.2) is 18.2 Å². The highest BCUT2D eigenvalue weighted by atomic mass is 35.5. The Labute approximate surface area is 88.8 Å². The monoisotopic (exact) mass is 212 g/mol. The van der Waals surface area contributed by atoms with E-state index in [0.29, 0.717) is 11.6 Å². The van der Waals surface area contributed by atoms with Gasteiger partial charge in [-0.05, 0) is 24.6 Å². The van der Waals surface area contributed by atoms with Crippen molar-refractivity contribution in [3.8, 4) is 5.75 Å². The number of hydrogen-bond donors (Lipinski definition) is 0. The normalized spacial score (nSPS) is 21.1. The fraction of sp³-hybridized carbons (Fsp3) is 0.455. The van der Waals surface area contributed by atoms with Crippen LogP contribution < -0.4 is 4.74 Å². The first-order chi connectivity index (χ1) is 6.75. The Hall–Kier alpha value is -0.730. The van der Waals surface area contributed by atoms with Gasteiger partial charge in [-0.25, -0.2) is 0 Å². The molecule has 0 amide bonds. The molecule has 1 fully saturated rings. The summed E-state index contributed by atoms with van der Waals surface area (Å²) in [5.41, 5.74) is 1.11. The summed E-state index contributed by atoms with van der Waals surface area (Å²) in [5, 5.41) is 0.713. The van der Waals surface area contributed by atoms with E-state index < -0.39 is 0 Å². The first kappa shape index (κ1) is 9.81. The van der Waals surface area contributed by atoms with Gasteiger partial charge in [-0.15, -0.1) is 0 Å². The molecule has 0 spiro atoms. The Morgan fingerprint density at radius 1 is 1.50 bits per heavy atom. The second-order valence-electron chi connectivity index (χ2n) is 3.51. The number of halogens is 1. The molecular weight excluding hydrogens is 200 g/mol. The first-order valence-electron chi connectivity index (χ1n) is 4.76. The van der Waals surface area contributed by atoms with E-state index in [1.54, 1.807) is 0 Å². The summed E-state index contributed by atoms with van der Waals surface area (Å²) >= 11 is 5.89. The summed E-state index contributed by atoms with van der Waals surface area (Å²) in [6.45, 7) is 3.50. The van der Waals surface area contributed by atoms with Crippen molar-refractivity contribution in [2.45, 2.75) is 19.4 Å². The van der Waals surface area contributed by atoms with Gasteiger partial charge in [-0.1, -0.05) is 17.7 Å². The van der Waals surface area contributed by atoms with E-state index in [-0.39, 0.29) is 6.10 Å². The van der Waals surface area contributed by atoms with Gasteiger partial charge in [0, 0.05) is 11.4 Å². The molecule has 1 atom stereocenters. The van der Waals surface area contributed by atoms with E-state index in [9.17, 15) is 0 Å². The molecule has 0 aromatic heterocycles. The first-order valence-corrected chi connectivity index (χ1v) is 5.14. The maximum Gasteiger partial charge on any atom is 0.124 e. The van der Waals surface area contributed by atoms with Gasteiger partial charge in [0.15, 0.2) is 0 Å². The topological polar surface area (TPSA) is 18.5 Å². The van der Waals surface area contributed by atoms with Crippen LogP contribution in [-0.2, 0) is 4.74 Å². The van der Waals surface area contributed by atoms with Gasteiger partial charge in [-0.3, -0.25) is 0 Å². The molecule has 0 radical (unpaired) electrons. The molecule has 0 bridgehead atoms. The predicted molar refractivity (Wildman–Crippen MR) is 56.0 cm³/mol. The second-order valence-corrected chi connectivity index (χ2v) is 3.95. The lowest BCUT2D eigenvalue weighted by atomic mass is 10.2. The molecule has 14 heavy (non-hydrogen) atoms. The smallest absolute Gasteiger partial charge is 0.124 e. The van der Waals surface area contributed by atoms with Crippen molar-refractivity contribution >= 4 is 11.6 Å². The van der Waals surface area contributed by atoms with E-state index in [0.717, 1.165) is 24.3 Å². The highest BCUT2D eigenvalue weighted by molar-refractivity contribution is 6.30. The number of benzene rings is 1. The van der Waals surface area contributed by atoms with Crippen LogP contribution in [0, 0.1) is 6.92 Å². The van der Waals surface area contributed by atoms with E-state index in [1.807, 2.05) is 25.1 Å². The number of aryl methyl sites for hydroxylation is 1. The van der Waals surface area contributed by atoms with Gasteiger partial charge in [0.1, 0.15) is 11.9 Å². The Balaban J connectivity index is 2.10. The van der Waals surface area contributed by atoms with Gasteiger partial charge >= 0.3 is 0 Å². The van der Waals surface area contributed by atoms with Crippen LogP contribution in [0.1, 0.15) is 12.0 Å². The molecule has 0 N–H and O–H groups in total. The fourth-order valence-corrected chi connectivity index (χ4v) is 1.65. The van der Waals surface area contributed by atoms with E-state index in [2.05, 4.69) is 0 Å². The van der Waals surface area contributed by atoms with Crippen molar-refractivity contribution in [3.63, 3.8) is 0 Å². The van der Waals surface area contributed by atoms with Gasteiger partial charge < -0.3 is 9.47 Å². The quantitative estimate of drug-likeness (QED) is 0.751. The molecule has 0 aliphatic carbocycles. The summed E-state index contributed by atoms with van der Waals surface area (Å²) in [4.78, 5) is 0. The average Bonchev–Trinajstić information content (AvgIpc) is 2.64. The lowest BCUT2D eigenvalue weighted by molar-refractivity contribution is 0.141. The van der Waals surface area contributed by atoms with E-state index in [4.69, 9.17) is 21.1 Å². The van der Waals surface area contributed by atoms with Crippen LogP contribution in [0.4, 0.5) is 0 Å². The molecule has 1 unspecified atom stereocenters. The van der Waals surface area contributed by atoms with Crippen LogP contribution in [0.2, 0.25) is 5.02 Å². The third kappa shape index (κ3) is 2.20. The molecule has 1 aromatic rings. The molecule has 3 heteroatoms. The second kappa shape index (κ2) is 4.20. The number of ether oxygens (including phenoxy) is 2. The van der Waals surface area contributed by atoms with Gasteiger partial charge in [-0.2, -0.15) is 0 Å². The fourth-order valence-electron chi connectivity index (χ4n) is 1.49. The Morgan fingerprint density at radius 2 is 2.36 bits per heavy atom. The Bertz CT molecular complexity index is 319. The third-order valence-electron chi connectivity index (χ3n) is 2.33. The predicted octanol–water partition coefficient (Wildman–Crippen LogP) is 2.82. The number of rotatable bonds is 2. The Morgan fingerprint density at radius 3 is 3.07 bits per heavy atom. The summed E-state index contributed by atoms with van der Waals surface area (Å²) in [5.74, 6) is 0.869. The van der Waals surface area contributed by atoms with Crippen LogP contribution in [0.3, 0.4) is 0 Å². The summed E-state index contributed by atoms with van der Waals surface area (Å²) in [6, 6.07) is 5.69. The minimum Gasteiger partial charge on any atom is -0.488 e. The third-order valence-corrected chi connectivity index (χ3v) is 2.57. The van der Waals surface area contributed by atoms with Crippen molar-refractivity contribution in [3.05, 3.63) is 28.8 Å². The summed E-state index contributed by atoms with van der Waals surface area (Å²) in [7, 11) is 0. The largest absolute Gasteiger partial charge is 0.488 e. The van der Waals surface area contributed by atoms with E-state index >= 15 is 0 Å². The maximum absolute atomic E-state index is 5.89.